The Balaban J connectivity index is 1.93. The third-order valence-electron chi connectivity index (χ3n) is 3.99. The molecule has 6 heteroatoms. The molecule has 2 N–H and O–H groups in total. The zero-order valence-corrected chi connectivity index (χ0v) is 17.2. The van der Waals surface area contributed by atoms with Crippen LogP contribution in [0.5, 0.6) is 0 Å². The van der Waals surface area contributed by atoms with Crippen LogP contribution in [0, 0.1) is 12.3 Å². The molecule has 2 rings (SSSR count). The predicted octanol–water partition coefficient (Wildman–Crippen LogP) is 3.89. The van der Waals surface area contributed by atoms with Gasteiger partial charge in [0.25, 0.3) is 10.0 Å². The topological polar surface area (TPSA) is 75.3 Å². The smallest absolute Gasteiger partial charge is 0.261 e. The predicted molar refractivity (Wildman–Crippen MR) is 109 cm³/mol. The Hall–Kier alpha value is -2.34. The molecule has 27 heavy (non-hydrogen) atoms. The SMILES string of the molecule is Cc1ccc(NS(=O)(=O)c2ccc(CCC(=O)NCC(C)(C)C)cc2)cc1. The van der Waals surface area contributed by atoms with E-state index >= 15 is 0 Å². The summed E-state index contributed by atoms with van der Waals surface area (Å²) in [4.78, 5) is 12.1. The van der Waals surface area contributed by atoms with E-state index in [1.54, 1.807) is 36.4 Å². The summed E-state index contributed by atoms with van der Waals surface area (Å²) in [6.07, 6.45) is 0.950. The molecule has 0 aliphatic heterocycles. The number of amides is 1. The molecule has 146 valence electrons. The van der Waals surface area contributed by atoms with E-state index in [0.29, 0.717) is 25.1 Å². The van der Waals surface area contributed by atoms with Crippen molar-refractivity contribution in [1.82, 2.24) is 5.32 Å². The first-order chi connectivity index (χ1) is 12.5. The summed E-state index contributed by atoms with van der Waals surface area (Å²) < 4.78 is 27.5. The Morgan fingerprint density at radius 2 is 1.56 bits per heavy atom. The van der Waals surface area contributed by atoms with Gasteiger partial charge in [0, 0.05) is 18.7 Å². The molecule has 0 saturated carbocycles. The summed E-state index contributed by atoms with van der Waals surface area (Å²) in [7, 11) is -3.63. The standard InChI is InChI=1S/C21H28N2O3S/c1-16-5-10-18(11-6-16)23-27(25,26)19-12-7-17(8-13-19)9-14-20(24)22-15-21(2,3)4/h5-8,10-13,23H,9,14-15H2,1-4H3,(H,22,24). The fraction of sp³-hybridized carbons (Fsp3) is 0.381. The molecule has 0 aliphatic carbocycles. The molecule has 0 fully saturated rings. The van der Waals surface area contributed by atoms with Gasteiger partial charge in [-0.2, -0.15) is 0 Å². The maximum atomic E-state index is 12.5. The van der Waals surface area contributed by atoms with Crippen LogP contribution in [-0.2, 0) is 21.2 Å². The van der Waals surface area contributed by atoms with Gasteiger partial charge in [0.15, 0.2) is 0 Å². The van der Waals surface area contributed by atoms with Gasteiger partial charge in [-0.25, -0.2) is 8.42 Å². The summed E-state index contributed by atoms with van der Waals surface area (Å²) in [5.74, 6) is 0.00246. The van der Waals surface area contributed by atoms with E-state index in [4.69, 9.17) is 0 Å². The van der Waals surface area contributed by atoms with Crippen LogP contribution in [0.15, 0.2) is 53.4 Å². The van der Waals surface area contributed by atoms with Gasteiger partial charge in [-0.05, 0) is 48.6 Å². The Morgan fingerprint density at radius 1 is 0.963 bits per heavy atom. The minimum Gasteiger partial charge on any atom is -0.356 e. The van der Waals surface area contributed by atoms with Gasteiger partial charge in [-0.1, -0.05) is 50.6 Å². The molecule has 0 heterocycles. The largest absolute Gasteiger partial charge is 0.356 e. The van der Waals surface area contributed by atoms with E-state index in [-0.39, 0.29) is 16.2 Å². The summed E-state index contributed by atoms with van der Waals surface area (Å²) in [5.41, 5.74) is 2.57. The van der Waals surface area contributed by atoms with Gasteiger partial charge in [0.1, 0.15) is 0 Å². The van der Waals surface area contributed by atoms with Crippen molar-refractivity contribution in [3.8, 4) is 0 Å². The van der Waals surface area contributed by atoms with E-state index in [9.17, 15) is 13.2 Å². The fourth-order valence-corrected chi connectivity index (χ4v) is 3.44. The number of rotatable bonds is 7. The quantitative estimate of drug-likeness (QED) is 0.755. The minimum atomic E-state index is -3.63. The van der Waals surface area contributed by atoms with Crippen LogP contribution in [0.4, 0.5) is 5.69 Å². The van der Waals surface area contributed by atoms with Gasteiger partial charge < -0.3 is 5.32 Å². The van der Waals surface area contributed by atoms with Crippen molar-refractivity contribution in [2.75, 3.05) is 11.3 Å². The number of carbonyl (C=O) groups excluding carboxylic acids is 1. The normalized spacial score (nSPS) is 11.9. The lowest BCUT2D eigenvalue weighted by Gasteiger charge is -2.18. The highest BCUT2D eigenvalue weighted by Crippen LogP contribution is 2.18. The third-order valence-corrected chi connectivity index (χ3v) is 5.39. The second kappa shape index (κ2) is 8.57. The Kier molecular flexibility index (Phi) is 6.65. The first-order valence-electron chi connectivity index (χ1n) is 9.00. The molecule has 0 atom stereocenters. The zero-order chi connectivity index (χ0) is 20.1. The molecule has 0 unspecified atom stereocenters. The lowest BCUT2D eigenvalue weighted by Crippen LogP contribution is -2.32. The highest BCUT2D eigenvalue weighted by atomic mass is 32.2. The lowest BCUT2D eigenvalue weighted by molar-refractivity contribution is -0.121. The van der Waals surface area contributed by atoms with E-state index < -0.39 is 10.0 Å². The Labute approximate surface area is 162 Å². The highest BCUT2D eigenvalue weighted by molar-refractivity contribution is 7.92. The van der Waals surface area contributed by atoms with Crippen molar-refractivity contribution < 1.29 is 13.2 Å². The van der Waals surface area contributed by atoms with Crippen molar-refractivity contribution >= 4 is 21.6 Å². The minimum absolute atomic E-state index is 0.00246. The van der Waals surface area contributed by atoms with Gasteiger partial charge in [-0.3, -0.25) is 9.52 Å². The average Bonchev–Trinajstić information content (AvgIpc) is 2.60. The molecule has 1 amide bonds. The molecule has 0 spiro atoms. The van der Waals surface area contributed by atoms with Crippen molar-refractivity contribution in [3.63, 3.8) is 0 Å². The maximum absolute atomic E-state index is 12.5. The van der Waals surface area contributed by atoms with Crippen LogP contribution in [0.3, 0.4) is 0 Å². The lowest BCUT2D eigenvalue weighted by atomic mass is 9.97. The first-order valence-corrected chi connectivity index (χ1v) is 10.5. The van der Waals surface area contributed by atoms with E-state index in [1.807, 2.05) is 19.1 Å². The van der Waals surface area contributed by atoms with Crippen LogP contribution >= 0.6 is 0 Å². The summed E-state index contributed by atoms with van der Waals surface area (Å²) >= 11 is 0. The van der Waals surface area contributed by atoms with Gasteiger partial charge in [0.05, 0.1) is 4.90 Å². The molecular formula is C21H28N2O3S. The van der Waals surface area contributed by atoms with E-state index in [2.05, 4.69) is 30.8 Å². The molecule has 2 aromatic carbocycles. The Morgan fingerprint density at radius 3 is 2.11 bits per heavy atom. The Bertz CT molecular complexity index is 865. The monoisotopic (exact) mass is 388 g/mol. The van der Waals surface area contributed by atoms with Crippen molar-refractivity contribution in [2.45, 2.75) is 45.4 Å². The van der Waals surface area contributed by atoms with Crippen molar-refractivity contribution in [2.24, 2.45) is 5.41 Å². The van der Waals surface area contributed by atoms with Crippen LogP contribution < -0.4 is 10.0 Å². The first kappa shape index (κ1) is 21.0. The van der Waals surface area contributed by atoms with E-state index in [0.717, 1.165) is 11.1 Å². The second-order valence-corrected chi connectivity index (χ2v) is 9.64. The third kappa shape index (κ3) is 7.06. The zero-order valence-electron chi connectivity index (χ0n) is 16.4. The molecule has 0 saturated heterocycles. The maximum Gasteiger partial charge on any atom is 0.261 e. The number of anilines is 1. The molecule has 0 aliphatic rings. The van der Waals surface area contributed by atoms with Crippen LogP contribution in [-0.4, -0.2) is 20.9 Å². The number of carbonyl (C=O) groups is 1. The van der Waals surface area contributed by atoms with Crippen LogP contribution in [0.2, 0.25) is 0 Å². The number of aryl methyl sites for hydroxylation is 2. The molecular weight excluding hydrogens is 360 g/mol. The second-order valence-electron chi connectivity index (χ2n) is 7.95. The van der Waals surface area contributed by atoms with Gasteiger partial charge >= 0.3 is 0 Å². The number of benzene rings is 2. The highest BCUT2D eigenvalue weighted by Gasteiger charge is 2.15. The van der Waals surface area contributed by atoms with Gasteiger partial charge in [0.2, 0.25) is 5.91 Å². The van der Waals surface area contributed by atoms with E-state index in [1.165, 1.54) is 0 Å². The number of sulfonamides is 1. The summed E-state index contributed by atoms with van der Waals surface area (Å²) in [6.45, 7) is 8.78. The number of nitrogens with one attached hydrogen (secondary N) is 2. The molecule has 0 aromatic heterocycles. The number of hydrogen-bond acceptors (Lipinski definition) is 3. The van der Waals surface area contributed by atoms with Crippen LogP contribution in [0.1, 0.15) is 38.3 Å². The van der Waals surface area contributed by atoms with Crippen molar-refractivity contribution in [3.05, 3.63) is 59.7 Å². The number of hydrogen-bond donors (Lipinski definition) is 2. The molecule has 0 radical (unpaired) electrons. The molecule has 2 aromatic rings. The van der Waals surface area contributed by atoms with Crippen LogP contribution in [0.25, 0.3) is 0 Å². The molecule has 0 bridgehead atoms. The van der Waals surface area contributed by atoms with Gasteiger partial charge in [-0.15, -0.1) is 0 Å². The summed E-state index contributed by atoms with van der Waals surface area (Å²) in [6, 6.07) is 13.8. The average molecular weight is 389 g/mol. The fourth-order valence-electron chi connectivity index (χ4n) is 2.38. The summed E-state index contributed by atoms with van der Waals surface area (Å²) in [5, 5.41) is 2.91. The van der Waals surface area contributed by atoms with Crippen molar-refractivity contribution in [1.29, 1.82) is 0 Å². The molecule has 5 nitrogen and oxygen atoms in total.